The van der Waals surface area contributed by atoms with Gasteiger partial charge in [0, 0.05) is 19.2 Å². The number of carboxylic acids is 1. The van der Waals surface area contributed by atoms with Crippen LogP contribution >= 0.6 is 0 Å². The zero-order chi connectivity index (χ0) is 14.5. The third-order valence-corrected chi connectivity index (χ3v) is 3.07. The fourth-order valence-corrected chi connectivity index (χ4v) is 2.05. The standard InChI is InChI=1S/C13H18N2O5/c1-2-5-14-12(16)9-8-19-7-6-15(9)11-4-3-10(20-11)13(17)18/h3-4,9H,2,5-8H2,1H3,(H,14,16)(H,17,18). The monoisotopic (exact) mass is 282 g/mol. The number of ether oxygens (including phenoxy) is 1. The molecular weight excluding hydrogens is 264 g/mol. The van der Waals surface area contributed by atoms with Crippen LogP contribution in [0.2, 0.25) is 0 Å². The summed E-state index contributed by atoms with van der Waals surface area (Å²) in [5, 5.41) is 11.7. The number of anilines is 1. The van der Waals surface area contributed by atoms with Crippen LogP contribution in [0.1, 0.15) is 23.9 Å². The molecule has 0 saturated carbocycles. The number of amides is 1. The van der Waals surface area contributed by atoms with Crippen molar-refractivity contribution in [2.75, 3.05) is 31.2 Å². The van der Waals surface area contributed by atoms with Gasteiger partial charge in [0.25, 0.3) is 0 Å². The van der Waals surface area contributed by atoms with Crippen molar-refractivity contribution >= 4 is 17.8 Å². The second kappa shape index (κ2) is 6.42. The van der Waals surface area contributed by atoms with Crippen LogP contribution in [0.5, 0.6) is 0 Å². The van der Waals surface area contributed by atoms with Crippen molar-refractivity contribution < 1.29 is 23.8 Å². The van der Waals surface area contributed by atoms with Crippen molar-refractivity contribution in [1.82, 2.24) is 5.32 Å². The van der Waals surface area contributed by atoms with E-state index in [4.69, 9.17) is 14.3 Å². The van der Waals surface area contributed by atoms with Crippen LogP contribution in [0, 0.1) is 0 Å². The summed E-state index contributed by atoms with van der Waals surface area (Å²) in [5.74, 6) is -1.03. The van der Waals surface area contributed by atoms with E-state index in [-0.39, 0.29) is 18.3 Å². The summed E-state index contributed by atoms with van der Waals surface area (Å²) < 4.78 is 10.6. The number of hydrogen-bond donors (Lipinski definition) is 2. The topological polar surface area (TPSA) is 92.0 Å². The Hall–Kier alpha value is -2.02. The quantitative estimate of drug-likeness (QED) is 0.826. The minimum atomic E-state index is -1.13. The Bertz CT molecular complexity index is 485. The number of aromatic carboxylic acids is 1. The van der Waals surface area contributed by atoms with E-state index in [1.165, 1.54) is 6.07 Å². The Morgan fingerprint density at radius 2 is 2.30 bits per heavy atom. The molecule has 20 heavy (non-hydrogen) atoms. The molecule has 2 rings (SSSR count). The summed E-state index contributed by atoms with van der Waals surface area (Å²) in [6.45, 7) is 3.79. The largest absolute Gasteiger partial charge is 0.475 e. The number of carbonyl (C=O) groups excluding carboxylic acids is 1. The van der Waals surface area contributed by atoms with Gasteiger partial charge in [-0.05, 0) is 12.5 Å². The smallest absolute Gasteiger partial charge is 0.371 e. The van der Waals surface area contributed by atoms with E-state index in [9.17, 15) is 9.59 Å². The van der Waals surface area contributed by atoms with Crippen molar-refractivity contribution in [1.29, 1.82) is 0 Å². The van der Waals surface area contributed by atoms with Gasteiger partial charge in [-0.2, -0.15) is 0 Å². The Labute approximate surface area is 116 Å². The molecule has 2 N–H and O–H groups in total. The SMILES string of the molecule is CCCNC(=O)C1COCCN1c1ccc(C(=O)O)o1. The zero-order valence-electron chi connectivity index (χ0n) is 11.3. The molecule has 0 aliphatic carbocycles. The molecule has 7 heteroatoms. The van der Waals surface area contributed by atoms with Gasteiger partial charge in [0.05, 0.1) is 13.2 Å². The van der Waals surface area contributed by atoms with Crippen molar-refractivity contribution in [3.8, 4) is 0 Å². The molecule has 0 bridgehead atoms. The first-order valence-electron chi connectivity index (χ1n) is 6.58. The summed E-state index contributed by atoms with van der Waals surface area (Å²) in [6, 6.07) is 2.45. The Morgan fingerprint density at radius 3 is 2.95 bits per heavy atom. The first kappa shape index (κ1) is 14.4. The Balaban J connectivity index is 2.13. The van der Waals surface area contributed by atoms with E-state index >= 15 is 0 Å². The van der Waals surface area contributed by atoms with Crippen molar-refractivity contribution in [3.63, 3.8) is 0 Å². The number of nitrogens with one attached hydrogen (secondary N) is 1. The molecule has 1 aliphatic rings. The molecule has 1 aromatic rings. The van der Waals surface area contributed by atoms with Crippen LogP contribution in [-0.2, 0) is 9.53 Å². The summed E-state index contributed by atoms with van der Waals surface area (Å²) in [5.41, 5.74) is 0. The highest BCUT2D eigenvalue weighted by atomic mass is 16.5. The van der Waals surface area contributed by atoms with Gasteiger partial charge in [-0.25, -0.2) is 4.79 Å². The molecular formula is C13H18N2O5. The van der Waals surface area contributed by atoms with E-state index in [1.807, 2.05) is 6.92 Å². The zero-order valence-corrected chi connectivity index (χ0v) is 11.3. The maximum Gasteiger partial charge on any atom is 0.371 e. The summed E-state index contributed by atoms with van der Waals surface area (Å²) in [4.78, 5) is 24.7. The van der Waals surface area contributed by atoms with E-state index in [0.717, 1.165) is 6.42 Å². The molecule has 0 aromatic carbocycles. The second-order valence-electron chi connectivity index (χ2n) is 4.52. The third kappa shape index (κ3) is 3.11. The van der Waals surface area contributed by atoms with Gasteiger partial charge in [-0.15, -0.1) is 0 Å². The Morgan fingerprint density at radius 1 is 1.50 bits per heavy atom. The van der Waals surface area contributed by atoms with E-state index in [2.05, 4.69) is 5.32 Å². The van der Waals surface area contributed by atoms with Crippen LogP contribution in [0.3, 0.4) is 0 Å². The highest BCUT2D eigenvalue weighted by Crippen LogP contribution is 2.23. The molecule has 1 aromatic heterocycles. The van der Waals surface area contributed by atoms with Gasteiger partial charge in [0.15, 0.2) is 5.88 Å². The number of carboxylic acid groups (broad SMARTS) is 1. The lowest BCUT2D eigenvalue weighted by molar-refractivity contribution is -0.124. The maximum atomic E-state index is 12.1. The van der Waals surface area contributed by atoms with Crippen molar-refractivity contribution in [3.05, 3.63) is 17.9 Å². The second-order valence-corrected chi connectivity index (χ2v) is 4.52. The lowest BCUT2D eigenvalue weighted by Crippen LogP contribution is -2.54. The van der Waals surface area contributed by atoms with E-state index in [0.29, 0.717) is 25.6 Å². The minimum absolute atomic E-state index is 0.139. The molecule has 2 heterocycles. The van der Waals surface area contributed by atoms with Gasteiger partial charge in [0.1, 0.15) is 6.04 Å². The first-order chi connectivity index (χ1) is 9.63. The number of rotatable bonds is 5. The van der Waals surface area contributed by atoms with Crippen LogP contribution in [0.4, 0.5) is 5.88 Å². The lowest BCUT2D eigenvalue weighted by atomic mass is 10.2. The third-order valence-electron chi connectivity index (χ3n) is 3.07. The van der Waals surface area contributed by atoms with Crippen LogP contribution in [0.25, 0.3) is 0 Å². The van der Waals surface area contributed by atoms with Gasteiger partial charge in [-0.1, -0.05) is 6.92 Å². The molecule has 0 spiro atoms. The molecule has 1 atom stereocenters. The average Bonchev–Trinajstić information content (AvgIpc) is 2.94. The molecule has 110 valence electrons. The van der Waals surface area contributed by atoms with Gasteiger partial charge < -0.3 is 24.5 Å². The fourth-order valence-electron chi connectivity index (χ4n) is 2.05. The highest BCUT2D eigenvalue weighted by Gasteiger charge is 2.31. The van der Waals surface area contributed by atoms with Gasteiger partial charge in [-0.3, -0.25) is 4.79 Å². The molecule has 1 unspecified atom stereocenters. The summed E-state index contributed by atoms with van der Waals surface area (Å²) in [7, 11) is 0. The number of furan rings is 1. The molecule has 1 saturated heterocycles. The normalized spacial score (nSPS) is 18.9. The average molecular weight is 282 g/mol. The van der Waals surface area contributed by atoms with Crippen LogP contribution < -0.4 is 10.2 Å². The summed E-state index contributed by atoms with van der Waals surface area (Å²) in [6.07, 6.45) is 0.850. The molecule has 1 fully saturated rings. The number of morpholine rings is 1. The molecule has 1 amide bonds. The highest BCUT2D eigenvalue weighted by molar-refractivity contribution is 5.87. The van der Waals surface area contributed by atoms with Crippen molar-refractivity contribution in [2.24, 2.45) is 0 Å². The number of carbonyl (C=O) groups is 2. The maximum absolute atomic E-state index is 12.1. The molecule has 1 aliphatic heterocycles. The first-order valence-corrected chi connectivity index (χ1v) is 6.58. The lowest BCUT2D eigenvalue weighted by Gasteiger charge is -2.34. The van der Waals surface area contributed by atoms with E-state index < -0.39 is 12.0 Å². The van der Waals surface area contributed by atoms with E-state index in [1.54, 1.807) is 11.0 Å². The molecule has 0 radical (unpaired) electrons. The fraction of sp³-hybridized carbons (Fsp3) is 0.538. The van der Waals surface area contributed by atoms with Gasteiger partial charge in [0.2, 0.25) is 11.7 Å². The van der Waals surface area contributed by atoms with Crippen molar-refractivity contribution in [2.45, 2.75) is 19.4 Å². The Kier molecular flexibility index (Phi) is 4.62. The van der Waals surface area contributed by atoms with Gasteiger partial charge >= 0.3 is 5.97 Å². The predicted molar refractivity (Wildman–Crippen MR) is 70.9 cm³/mol. The number of hydrogen-bond acceptors (Lipinski definition) is 5. The molecule has 7 nitrogen and oxygen atoms in total. The van der Waals surface area contributed by atoms with Crippen LogP contribution in [-0.4, -0.2) is 49.3 Å². The summed E-state index contributed by atoms with van der Waals surface area (Å²) >= 11 is 0. The minimum Gasteiger partial charge on any atom is -0.475 e. The van der Waals surface area contributed by atoms with Crippen LogP contribution in [0.15, 0.2) is 16.5 Å². The number of nitrogens with zero attached hydrogens (tertiary/aromatic N) is 1. The predicted octanol–water partition coefficient (Wildman–Crippen LogP) is 0.709.